The van der Waals surface area contributed by atoms with E-state index in [0.29, 0.717) is 0 Å². The second kappa shape index (κ2) is 6.99. The molecule has 1 aliphatic rings. The van der Waals surface area contributed by atoms with E-state index in [1.54, 1.807) is 0 Å². The minimum absolute atomic E-state index is 0.324. The van der Waals surface area contributed by atoms with Crippen LogP contribution >= 0.6 is 0 Å². The molecule has 4 unspecified atom stereocenters. The molecule has 0 N–H and O–H groups in total. The Bertz CT molecular complexity index is 427. The lowest BCUT2D eigenvalue weighted by Gasteiger charge is -2.37. The van der Waals surface area contributed by atoms with Crippen molar-refractivity contribution >= 4 is 0 Å². The third kappa shape index (κ3) is 4.72. The van der Waals surface area contributed by atoms with E-state index in [1.807, 2.05) is 0 Å². The van der Waals surface area contributed by atoms with Crippen molar-refractivity contribution in [3.8, 4) is 0 Å². The highest BCUT2D eigenvalue weighted by Gasteiger charge is 2.48. The Morgan fingerprint density at radius 1 is 0.591 bits per heavy atom. The molecule has 0 saturated heterocycles. The molecule has 4 atom stereocenters. The van der Waals surface area contributed by atoms with Gasteiger partial charge in [0.15, 0.2) is 12.2 Å². The monoisotopic (exact) mass is 328 g/mol. The highest BCUT2D eigenvalue weighted by Crippen LogP contribution is 2.29. The lowest BCUT2D eigenvalue weighted by Crippen LogP contribution is -2.55. The number of hydrogen-bond donors (Lipinski definition) is 0. The molecule has 1 fully saturated rings. The maximum atomic E-state index is 10.4. The van der Waals surface area contributed by atoms with Gasteiger partial charge in [-0.15, -0.1) is 40.5 Å². The Kier molecular flexibility index (Phi) is 5.36. The summed E-state index contributed by atoms with van der Waals surface area (Å²) in [6, 6.07) is 0. The minimum Gasteiger partial charge on any atom is -0.308 e. The zero-order valence-corrected chi connectivity index (χ0v) is 10.4. The van der Waals surface area contributed by atoms with Gasteiger partial charge in [-0.1, -0.05) is 0 Å². The molecule has 0 radical (unpaired) electrons. The van der Waals surface area contributed by atoms with Crippen molar-refractivity contribution in [2.45, 2.75) is 37.3 Å². The fourth-order valence-electron chi connectivity index (χ4n) is 1.98. The van der Waals surface area contributed by atoms with Gasteiger partial charge in [-0.3, -0.25) is 0 Å². The van der Waals surface area contributed by atoms with Gasteiger partial charge in [-0.05, 0) is 12.8 Å². The molecule has 0 bridgehead atoms. The van der Waals surface area contributed by atoms with Crippen LogP contribution < -0.4 is 0 Å². The topological polar surface area (TPSA) is 209 Å². The predicted octanol–water partition coefficient (Wildman–Crippen LogP) is -0.912. The van der Waals surface area contributed by atoms with Crippen LogP contribution in [0.5, 0.6) is 0 Å². The summed E-state index contributed by atoms with van der Waals surface area (Å²) in [5, 5.41) is 36.2. The smallest absolute Gasteiger partial charge is 0.294 e. The Hall–Kier alpha value is -3.20. The summed E-state index contributed by atoms with van der Waals surface area (Å²) in [7, 11) is 0. The summed E-state index contributed by atoms with van der Waals surface area (Å²) in [5.74, 6) is 0. The Morgan fingerprint density at radius 3 is 1.09 bits per heavy atom. The molecule has 1 aliphatic carbocycles. The van der Waals surface area contributed by atoms with E-state index >= 15 is 0 Å². The summed E-state index contributed by atoms with van der Waals surface area (Å²) < 4.78 is 0. The lowest BCUT2D eigenvalue weighted by molar-refractivity contribution is -0.830. The van der Waals surface area contributed by atoms with Crippen LogP contribution in [-0.2, 0) is 19.4 Å². The first-order valence-corrected chi connectivity index (χ1v) is 5.45. The van der Waals surface area contributed by atoms with E-state index in [4.69, 9.17) is 0 Å². The van der Waals surface area contributed by atoms with Crippen molar-refractivity contribution in [2.24, 2.45) is 0 Å². The van der Waals surface area contributed by atoms with Crippen LogP contribution in [0.15, 0.2) is 0 Å². The highest BCUT2D eigenvalue weighted by atomic mass is 17.0. The van der Waals surface area contributed by atoms with E-state index < -0.39 is 44.8 Å². The van der Waals surface area contributed by atoms with Gasteiger partial charge < -0.3 is 19.4 Å². The standard InChI is InChI=1S/C6H8N4O12/c11-7(12)19-3-1-2-4(20-8(13)14)6(22-10(17)18)5(3)21-9(15)16/h3-6H,1-2H2. The molecule has 0 aromatic heterocycles. The molecule has 124 valence electrons. The molecule has 22 heavy (non-hydrogen) atoms. The highest BCUT2D eigenvalue weighted by molar-refractivity contribution is 4.89. The second-order valence-corrected chi connectivity index (χ2v) is 3.90. The molecule has 0 heterocycles. The van der Waals surface area contributed by atoms with E-state index in [1.165, 1.54) is 0 Å². The van der Waals surface area contributed by atoms with Gasteiger partial charge in [-0.2, -0.15) is 0 Å². The van der Waals surface area contributed by atoms with Crippen molar-refractivity contribution in [1.82, 2.24) is 0 Å². The molecule has 1 saturated carbocycles. The van der Waals surface area contributed by atoms with Crippen molar-refractivity contribution in [3.63, 3.8) is 0 Å². The van der Waals surface area contributed by atoms with Crippen molar-refractivity contribution in [1.29, 1.82) is 0 Å². The van der Waals surface area contributed by atoms with Gasteiger partial charge in [0.2, 0.25) is 0 Å². The average Bonchev–Trinajstić information content (AvgIpc) is 2.34. The van der Waals surface area contributed by atoms with Gasteiger partial charge in [-0.25, -0.2) is 0 Å². The van der Waals surface area contributed by atoms with Gasteiger partial charge in [0, 0.05) is 0 Å². The largest absolute Gasteiger partial charge is 0.308 e. The summed E-state index contributed by atoms with van der Waals surface area (Å²) in [6.45, 7) is 0. The number of hydrogen-bond acceptors (Lipinski definition) is 12. The van der Waals surface area contributed by atoms with Crippen LogP contribution in [0.2, 0.25) is 0 Å². The van der Waals surface area contributed by atoms with Crippen LogP contribution in [0, 0.1) is 40.5 Å². The maximum absolute atomic E-state index is 10.4. The van der Waals surface area contributed by atoms with Gasteiger partial charge in [0.1, 0.15) is 12.2 Å². The van der Waals surface area contributed by atoms with Gasteiger partial charge >= 0.3 is 0 Å². The first kappa shape index (κ1) is 16.9. The predicted molar refractivity (Wildman–Crippen MR) is 56.7 cm³/mol. The third-order valence-electron chi connectivity index (χ3n) is 2.65. The average molecular weight is 328 g/mol. The van der Waals surface area contributed by atoms with E-state index in [-0.39, 0.29) is 12.8 Å². The summed E-state index contributed by atoms with van der Waals surface area (Å²) in [6.07, 6.45) is -7.78. The fourth-order valence-corrected chi connectivity index (χ4v) is 1.98. The Labute approximate surface area is 118 Å². The fraction of sp³-hybridized carbons (Fsp3) is 1.00. The van der Waals surface area contributed by atoms with Crippen LogP contribution in [-0.4, -0.2) is 44.8 Å². The van der Waals surface area contributed by atoms with Crippen LogP contribution in [0.4, 0.5) is 0 Å². The van der Waals surface area contributed by atoms with Crippen LogP contribution in [0.25, 0.3) is 0 Å². The molecule has 0 amide bonds. The Balaban J connectivity index is 3.03. The Morgan fingerprint density at radius 2 is 0.864 bits per heavy atom. The normalized spacial score (nSPS) is 27.3. The van der Waals surface area contributed by atoms with Crippen LogP contribution in [0.3, 0.4) is 0 Å². The molecule has 0 aromatic rings. The third-order valence-corrected chi connectivity index (χ3v) is 2.65. The zero-order chi connectivity index (χ0) is 16.9. The molecule has 0 spiro atoms. The van der Waals surface area contributed by atoms with E-state index in [2.05, 4.69) is 19.4 Å². The summed E-state index contributed by atoms with van der Waals surface area (Å²) in [4.78, 5) is 57.9. The first-order valence-electron chi connectivity index (χ1n) is 5.45. The van der Waals surface area contributed by atoms with Crippen molar-refractivity contribution in [2.75, 3.05) is 0 Å². The molecular weight excluding hydrogens is 320 g/mol. The van der Waals surface area contributed by atoms with Crippen LogP contribution in [0.1, 0.15) is 12.8 Å². The summed E-state index contributed by atoms with van der Waals surface area (Å²) >= 11 is 0. The minimum atomic E-state index is -1.97. The number of nitrogens with zero attached hydrogens (tertiary/aromatic N) is 4. The molecule has 1 rings (SSSR count). The van der Waals surface area contributed by atoms with E-state index in [9.17, 15) is 40.5 Å². The van der Waals surface area contributed by atoms with Crippen molar-refractivity contribution < 1.29 is 39.7 Å². The molecule has 16 heteroatoms. The lowest BCUT2D eigenvalue weighted by atomic mass is 9.89. The molecule has 0 aromatic carbocycles. The molecule has 0 aliphatic heterocycles. The first-order chi connectivity index (χ1) is 10.2. The SMILES string of the molecule is O=[N+]([O-])OC1CCC(O[N+](=O)[O-])C(O[N+](=O)[O-])C1O[N+](=O)[O-]. The second-order valence-electron chi connectivity index (χ2n) is 3.90. The molecule has 16 nitrogen and oxygen atoms in total. The zero-order valence-electron chi connectivity index (χ0n) is 10.4. The quantitative estimate of drug-likeness (QED) is 0.391. The van der Waals surface area contributed by atoms with Crippen molar-refractivity contribution in [3.05, 3.63) is 40.5 Å². The van der Waals surface area contributed by atoms with E-state index in [0.717, 1.165) is 0 Å². The number of rotatable bonds is 8. The van der Waals surface area contributed by atoms with Gasteiger partial charge in [0.25, 0.3) is 20.3 Å². The maximum Gasteiger partial charge on any atom is 0.294 e. The van der Waals surface area contributed by atoms with Gasteiger partial charge in [0.05, 0.1) is 0 Å². The summed E-state index contributed by atoms with van der Waals surface area (Å²) in [5.41, 5.74) is 0. The molecular formula is C6H8N4O12.